The second-order valence-corrected chi connectivity index (χ2v) is 4.10. The molecule has 0 saturated heterocycles. The van der Waals surface area contributed by atoms with Gasteiger partial charge in [0.15, 0.2) is 0 Å². The molecular formula is C11H14ClNO. The van der Waals surface area contributed by atoms with Crippen molar-refractivity contribution < 1.29 is 4.74 Å². The lowest BCUT2D eigenvalue weighted by molar-refractivity contribution is 0.201. The maximum Gasteiger partial charge on any atom is 0.129 e. The number of halogens is 1. The van der Waals surface area contributed by atoms with Gasteiger partial charge in [0.1, 0.15) is 11.9 Å². The highest BCUT2D eigenvalue weighted by Crippen LogP contribution is 2.42. The van der Waals surface area contributed by atoms with Crippen LogP contribution in [0.5, 0.6) is 5.75 Å². The predicted molar refractivity (Wildman–Crippen MR) is 57.8 cm³/mol. The zero-order valence-corrected chi connectivity index (χ0v) is 9.14. The Kier molecular flexibility index (Phi) is 2.41. The van der Waals surface area contributed by atoms with Crippen LogP contribution < -0.4 is 10.5 Å². The number of rotatable bonds is 1. The Labute approximate surface area is 89.0 Å². The highest BCUT2D eigenvalue weighted by Gasteiger charge is 2.33. The summed E-state index contributed by atoms with van der Waals surface area (Å²) in [6.07, 6.45) is 0.981. The van der Waals surface area contributed by atoms with Crippen LogP contribution in [-0.4, -0.2) is 6.10 Å². The molecule has 0 fully saturated rings. The smallest absolute Gasteiger partial charge is 0.129 e. The Hall–Kier alpha value is -0.730. The molecule has 2 atom stereocenters. The van der Waals surface area contributed by atoms with Crippen LogP contribution in [0.15, 0.2) is 12.1 Å². The van der Waals surface area contributed by atoms with Crippen molar-refractivity contribution in [3.8, 4) is 5.75 Å². The number of ether oxygens (including phenoxy) is 1. The molecule has 2 unspecified atom stereocenters. The molecule has 1 aromatic rings. The molecule has 0 spiro atoms. The van der Waals surface area contributed by atoms with E-state index in [0.29, 0.717) is 5.02 Å². The summed E-state index contributed by atoms with van der Waals surface area (Å²) in [7, 11) is 0. The molecule has 1 heterocycles. The van der Waals surface area contributed by atoms with Crippen molar-refractivity contribution in [3.63, 3.8) is 0 Å². The van der Waals surface area contributed by atoms with Crippen LogP contribution in [0.1, 0.15) is 30.5 Å². The van der Waals surface area contributed by atoms with Gasteiger partial charge in [0.05, 0.1) is 6.04 Å². The van der Waals surface area contributed by atoms with E-state index in [1.54, 1.807) is 0 Å². The average Bonchev–Trinajstić information content (AvgIpc) is 2.51. The second-order valence-electron chi connectivity index (χ2n) is 3.70. The summed E-state index contributed by atoms with van der Waals surface area (Å²) in [4.78, 5) is 0. The summed E-state index contributed by atoms with van der Waals surface area (Å²) < 4.78 is 5.77. The van der Waals surface area contributed by atoms with Crippen molar-refractivity contribution in [1.29, 1.82) is 0 Å². The lowest BCUT2D eigenvalue weighted by Gasteiger charge is -2.12. The summed E-state index contributed by atoms with van der Waals surface area (Å²) >= 11 is 6.10. The fourth-order valence-electron chi connectivity index (χ4n) is 1.90. The minimum absolute atomic E-state index is 0.0728. The largest absolute Gasteiger partial charge is 0.488 e. The van der Waals surface area contributed by atoms with Crippen molar-refractivity contribution in [1.82, 2.24) is 0 Å². The zero-order chi connectivity index (χ0) is 10.3. The highest BCUT2D eigenvalue weighted by molar-refractivity contribution is 6.31. The molecule has 2 rings (SSSR count). The van der Waals surface area contributed by atoms with Crippen LogP contribution in [0.25, 0.3) is 0 Å². The van der Waals surface area contributed by atoms with Crippen LogP contribution in [0.2, 0.25) is 5.02 Å². The molecule has 0 amide bonds. The summed E-state index contributed by atoms with van der Waals surface area (Å²) in [5, 5.41) is 0.717. The molecule has 1 aromatic carbocycles. The third kappa shape index (κ3) is 1.30. The van der Waals surface area contributed by atoms with Gasteiger partial charge in [-0.25, -0.2) is 0 Å². The Bertz CT molecular complexity index is 365. The van der Waals surface area contributed by atoms with E-state index in [0.717, 1.165) is 23.3 Å². The van der Waals surface area contributed by atoms with Crippen LogP contribution >= 0.6 is 11.6 Å². The van der Waals surface area contributed by atoms with Crippen LogP contribution in [0.4, 0.5) is 0 Å². The third-order valence-corrected chi connectivity index (χ3v) is 3.07. The Morgan fingerprint density at radius 1 is 1.50 bits per heavy atom. The molecule has 0 aromatic heterocycles. The van der Waals surface area contributed by atoms with Gasteiger partial charge in [0.25, 0.3) is 0 Å². The lowest BCUT2D eigenvalue weighted by Crippen LogP contribution is -2.24. The van der Waals surface area contributed by atoms with Gasteiger partial charge in [-0.05, 0) is 25.0 Å². The standard InChI is InChI=1S/C11H14ClNO/c1-3-8-10(13)9-7(12)5-4-6(2)11(9)14-8/h4-5,8,10H,3,13H2,1-2H3. The van der Waals surface area contributed by atoms with Gasteiger partial charge in [-0.1, -0.05) is 24.6 Å². The number of fused-ring (bicyclic) bond motifs is 1. The van der Waals surface area contributed by atoms with Crippen molar-refractivity contribution in [2.75, 3.05) is 0 Å². The van der Waals surface area contributed by atoms with Crippen LogP contribution in [0, 0.1) is 6.92 Å². The Morgan fingerprint density at radius 3 is 2.79 bits per heavy atom. The number of hydrogen-bond donors (Lipinski definition) is 1. The van der Waals surface area contributed by atoms with E-state index in [4.69, 9.17) is 22.1 Å². The molecule has 0 aliphatic carbocycles. The molecule has 0 bridgehead atoms. The summed E-state index contributed by atoms with van der Waals surface area (Å²) in [5.74, 6) is 0.886. The first-order chi connectivity index (χ1) is 6.65. The van der Waals surface area contributed by atoms with Gasteiger partial charge < -0.3 is 10.5 Å². The molecule has 1 aliphatic heterocycles. The van der Waals surface area contributed by atoms with Gasteiger partial charge in [-0.15, -0.1) is 0 Å². The zero-order valence-electron chi connectivity index (χ0n) is 8.38. The lowest BCUT2D eigenvalue weighted by atomic mass is 10.0. The van der Waals surface area contributed by atoms with Crippen LogP contribution in [-0.2, 0) is 0 Å². The molecule has 3 heteroatoms. The molecule has 2 nitrogen and oxygen atoms in total. The molecule has 0 radical (unpaired) electrons. The Morgan fingerprint density at radius 2 is 2.21 bits per heavy atom. The molecular weight excluding hydrogens is 198 g/mol. The van der Waals surface area contributed by atoms with E-state index in [9.17, 15) is 0 Å². The van der Waals surface area contributed by atoms with Crippen molar-refractivity contribution in [2.45, 2.75) is 32.4 Å². The van der Waals surface area contributed by atoms with E-state index in [2.05, 4.69) is 6.92 Å². The maximum atomic E-state index is 6.10. The van der Waals surface area contributed by atoms with E-state index in [1.165, 1.54) is 0 Å². The predicted octanol–water partition coefficient (Wildman–Crippen LogP) is 2.82. The fraction of sp³-hybridized carbons (Fsp3) is 0.455. The number of hydrogen-bond acceptors (Lipinski definition) is 2. The normalized spacial score (nSPS) is 24.6. The number of nitrogens with two attached hydrogens (primary N) is 1. The fourth-order valence-corrected chi connectivity index (χ4v) is 2.17. The van der Waals surface area contributed by atoms with Crippen molar-refractivity contribution in [3.05, 3.63) is 28.3 Å². The summed E-state index contributed by atoms with van der Waals surface area (Å²) in [6, 6.07) is 3.77. The minimum atomic E-state index is -0.0811. The molecule has 76 valence electrons. The highest BCUT2D eigenvalue weighted by atomic mass is 35.5. The van der Waals surface area contributed by atoms with Crippen LogP contribution in [0.3, 0.4) is 0 Å². The minimum Gasteiger partial charge on any atom is -0.488 e. The monoisotopic (exact) mass is 211 g/mol. The van der Waals surface area contributed by atoms with E-state index in [1.807, 2.05) is 19.1 Å². The van der Waals surface area contributed by atoms with Gasteiger partial charge in [0, 0.05) is 10.6 Å². The first-order valence-electron chi connectivity index (χ1n) is 4.86. The van der Waals surface area contributed by atoms with Gasteiger partial charge in [-0.2, -0.15) is 0 Å². The second kappa shape index (κ2) is 3.44. The summed E-state index contributed by atoms with van der Waals surface area (Å²) in [6.45, 7) is 4.08. The average molecular weight is 212 g/mol. The molecule has 2 N–H and O–H groups in total. The molecule has 1 aliphatic rings. The quantitative estimate of drug-likeness (QED) is 0.776. The van der Waals surface area contributed by atoms with Gasteiger partial charge >= 0.3 is 0 Å². The number of benzene rings is 1. The Balaban J connectivity index is 2.52. The maximum absolute atomic E-state index is 6.10. The summed E-state index contributed by atoms with van der Waals surface area (Å²) in [5.41, 5.74) is 8.14. The van der Waals surface area contributed by atoms with E-state index < -0.39 is 0 Å². The third-order valence-electron chi connectivity index (χ3n) is 2.75. The molecule has 14 heavy (non-hydrogen) atoms. The SMILES string of the molecule is CCC1Oc2c(C)ccc(Cl)c2C1N. The van der Waals surface area contributed by atoms with Crippen molar-refractivity contribution in [2.24, 2.45) is 5.73 Å². The van der Waals surface area contributed by atoms with E-state index in [-0.39, 0.29) is 12.1 Å². The first kappa shape index (κ1) is 9.81. The van der Waals surface area contributed by atoms with Crippen molar-refractivity contribution >= 4 is 11.6 Å². The van der Waals surface area contributed by atoms with E-state index >= 15 is 0 Å². The number of aryl methyl sites for hydroxylation is 1. The topological polar surface area (TPSA) is 35.2 Å². The van der Waals surface area contributed by atoms with Gasteiger partial charge in [-0.3, -0.25) is 0 Å². The van der Waals surface area contributed by atoms with Gasteiger partial charge in [0.2, 0.25) is 0 Å². The first-order valence-corrected chi connectivity index (χ1v) is 5.24. The molecule has 0 saturated carbocycles.